The molecule has 1 N–H and O–H groups in total. The molecule has 0 fully saturated rings. The summed E-state index contributed by atoms with van der Waals surface area (Å²) in [5.41, 5.74) is 1.19. The number of aryl methyl sites for hydroxylation is 1. The number of anilines is 1. The number of rotatable bonds is 5. The van der Waals surface area contributed by atoms with Crippen molar-refractivity contribution >= 4 is 17.6 Å². The lowest BCUT2D eigenvalue weighted by atomic mass is 10.3. The van der Waals surface area contributed by atoms with Crippen molar-refractivity contribution in [2.45, 2.75) is 11.8 Å². The molecule has 88 valence electrons. The summed E-state index contributed by atoms with van der Waals surface area (Å²) in [4.78, 5) is 5.61. The minimum Gasteiger partial charge on any atom is -0.369 e. The van der Waals surface area contributed by atoms with E-state index >= 15 is 0 Å². The van der Waals surface area contributed by atoms with Crippen molar-refractivity contribution in [3.8, 4) is 0 Å². The molecule has 0 unspecified atom stereocenters. The highest BCUT2D eigenvalue weighted by Gasteiger charge is 1.97. The molecule has 0 bridgehead atoms. The first-order valence-electron chi connectivity index (χ1n) is 5.69. The van der Waals surface area contributed by atoms with E-state index in [0.717, 1.165) is 18.1 Å². The second-order valence-corrected chi connectivity index (χ2v) is 4.93. The average molecular weight is 244 g/mol. The lowest BCUT2D eigenvalue weighted by Gasteiger charge is -2.07. The molecule has 0 amide bonds. The standard InChI is InChI=1S/C14H16N2S/c1-12-6-5-9-15-14(12)16-10-11-17-13-7-3-2-4-8-13/h2-9H,10-11H2,1H3,(H,15,16). The van der Waals surface area contributed by atoms with E-state index in [4.69, 9.17) is 0 Å². The molecule has 0 atom stereocenters. The summed E-state index contributed by atoms with van der Waals surface area (Å²) >= 11 is 1.86. The van der Waals surface area contributed by atoms with E-state index in [1.54, 1.807) is 0 Å². The Morgan fingerprint density at radius 2 is 1.94 bits per heavy atom. The highest BCUT2D eigenvalue weighted by molar-refractivity contribution is 7.99. The minimum absolute atomic E-state index is 0.928. The molecule has 2 nitrogen and oxygen atoms in total. The highest BCUT2D eigenvalue weighted by Crippen LogP contribution is 2.16. The maximum Gasteiger partial charge on any atom is 0.128 e. The zero-order valence-corrected chi connectivity index (χ0v) is 10.7. The van der Waals surface area contributed by atoms with Crippen LogP contribution in [0.5, 0.6) is 0 Å². The molecule has 0 radical (unpaired) electrons. The summed E-state index contributed by atoms with van der Waals surface area (Å²) in [6, 6.07) is 14.5. The third kappa shape index (κ3) is 3.79. The second-order valence-electron chi connectivity index (χ2n) is 3.76. The number of thioether (sulfide) groups is 1. The van der Waals surface area contributed by atoms with Crippen LogP contribution in [0.1, 0.15) is 5.56 Å². The van der Waals surface area contributed by atoms with Crippen LogP contribution >= 0.6 is 11.8 Å². The van der Waals surface area contributed by atoms with Crippen molar-refractivity contribution in [3.63, 3.8) is 0 Å². The van der Waals surface area contributed by atoms with Gasteiger partial charge in [-0.2, -0.15) is 0 Å². The summed E-state index contributed by atoms with van der Waals surface area (Å²) in [5.74, 6) is 2.03. The number of benzene rings is 1. The van der Waals surface area contributed by atoms with Crippen molar-refractivity contribution in [1.29, 1.82) is 0 Å². The first kappa shape index (κ1) is 12.0. The van der Waals surface area contributed by atoms with Gasteiger partial charge in [0, 0.05) is 23.4 Å². The first-order valence-corrected chi connectivity index (χ1v) is 6.68. The average Bonchev–Trinajstić information content (AvgIpc) is 2.38. The maximum atomic E-state index is 4.30. The molecule has 17 heavy (non-hydrogen) atoms. The molecule has 0 saturated carbocycles. The molecule has 3 heteroatoms. The Bertz CT molecular complexity index is 457. The Balaban J connectivity index is 1.76. The molecular formula is C14H16N2S. The van der Waals surface area contributed by atoms with Gasteiger partial charge in [0.2, 0.25) is 0 Å². The number of pyridine rings is 1. The smallest absolute Gasteiger partial charge is 0.128 e. The molecule has 0 saturated heterocycles. The van der Waals surface area contributed by atoms with Gasteiger partial charge in [0.25, 0.3) is 0 Å². The van der Waals surface area contributed by atoms with Crippen LogP contribution in [0.2, 0.25) is 0 Å². The summed E-state index contributed by atoms with van der Waals surface area (Å²) in [5, 5.41) is 3.35. The van der Waals surface area contributed by atoms with Gasteiger partial charge in [0.1, 0.15) is 5.82 Å². The van der Waals surface area contributed by atoms with Gasteiger partial charge in [-0.15, -0.1) is 11.8 Å². The fraction of sp³-hybridized carbons (Fsp3) is 0.214. The van der Waals surface area contributed by atoms with Gasteiger partial charge >= 0.3 is 0 Å². The second kappa shape index (κ2) is 6.30. The maximum absolute atomic E-state index is 4.30. The molecular weight excluding hydrogens is 228 g/mol. The zero-order chi connectivity index (χ0) is 11.9. The number of aromatic nitrogens is 1. The molecule has 0 aliphatic rings. The van der Waals surface area contributed by atoms with Gasteiger partial charge in [0.15, 0.2) is 0 Å². The lowest BCUT2D eigenvalue weighted by Crippen LogP contribution is -2.06. The van der Waals surface area contributed by atoms with Crippen LogP contribution in [0.25, 0.3) is 0 Å². The van der Waals surface area contributed by atoms with Crippen LogP contribution in [0.3, 0.4) is 0 Å². The number of hydrogen-bond donors (Lipinski definition) is 1. The van der Waals surface area contributed by atoms with E-state index in [1.807, 2.05) is 30.1 Å². The Kier molecular flexibility index (Phi) is 4.45. The van der Waals surface area contributed by atoms with E-state index in [9.17, 15) is 0 Å². The quantitative estimate of drug-likeness (QED) is 0.642. The van der Waals surface area contributed by atoms with Crippen molar-refractivity contribution < 1.29 is 0 Å². The van der Waals surface area contributed by atoms with Gasteiger partial charge < -0.3 is 5.32 Å². The molecule has 1 aromatic heterocycles. The van der Waals surface area contributed by atoms with Gasteiger partial charge in [-0.25, -0.2) is 4.98 Å². The molecule has 1 heterocycles. The van der Waals surface area contributed by atoms with Gasteiger partial charge in [-0.05, 0) is 30.7 Å². The topological polar surface area (TPSA) is 24.9 Å². The van der Waals surface area contributed by atoms with E-state index in [-0.39, 0.29) is 0 Å². The van der Waals surface area contributed by atoms with Crippen LogP contribution in [0.15, 0.2) is 53.6 Å². The Labute approximate surface area is 106 Å². The molecule has 0 aliphatic heterocycles. The lowest BCUT2D eigenvalue weighted by molar-refractivity contribution is 1.15. The van der Waals surface area contributed by atoms with Gasteiger partial charge in [0.05, 0.1) is 0 Å². The predicted octanol–water partition coefficient (Wildman–Crippen LogP) is 3.59. The predicted molar refractivity (Wildman–Crippen MR) is 74.6 cm³/mol. The molecule has 0 spiro atoms. The third-order valence-electron chi connectivity index (χ3n) is 2.42. The Morgan fingerprint density at radius 3 is 2.71 bits per heavy atom. The largest absolute Gasteiger partial charge is 0.369 e. The van der Waals surface area contributed by atoms with Crippen molar-refractivity contribution in [3.05, 3.63) is 54.2 Å². The van der Waals surface area contributed by atoms with Crippen LogP contribution in [-0.2, 0) is 0 Å². The van der Waals surface area contributed by atoms with Crippen LogP contribution in [-0.4, -0.2) is 17.3 Å². The van der Waals surface area contributed by atoms with Crippen molar-refractivity contribution in [2.75, 3.05) is 17.6 Å². The van der Waals surface area contributed by atoms with Gasteiger partial charge in [-0.1, -0.05) is 24.3 Å². The Hall–Kier alpha value is -1.48. The summed E-state index contributed by atoms with van der Waals surface area (Å²) in [6.45, 7) is 3.00. The van der Waals surface area contributed by atoms with E-state index < -0.39 is 0 Å². The van der Waals surface area contributed by atoms with Crippen molar-refractivity contribution in [2.24, 2.45) is 0 Å². The number of nitrogens with zero attached hydrogens (tertiary/aromatic N) is 1. The molecule has 2 aromatic rings. The SMILES string of the molecule is Cc1cccnc1NCCSc1ccccc1. The number of hydrogen-bond acceptors (Lipinski definition) is 3. The summed E-state index contributed by atoms with van der Waals surface area (Å²) < 4.78 is 0. The molecule has 2 rings (SSSR count). The van der Waals surface area contributed by atoms with E-state index in [0.29, 0.717) is 0 Å². The minimum atomic E-state index is 0.928. The van der Waals surface area contributed by atoms with E-state index in [1.165, 1.54) is 10.5 Å². The van der Waals surface area contributed by atoms with Crippen LogP contribution < -0.4 is 5.32 Å². The van der Waals surface area contributed by atoms with Crippen molar-refractivity contribution in [1.82, 2.24) is 4.98 Å². The highest BCUT2D eigenvalue weighted by atomic mass is 32.2. The Morgan fingerprint density at radius 1 is 1.12 bits per heavy atom. The fourth-order valence-electron chi connectivity index (χ4n) is 1.53. The van der Waals surface area contributed by atoms with Gasteiger partial charge in [-0.3, -0.25) is 0 Å². The molecule has 1 aromatic carbocycles. The van der Waals surface area contributed by atoms with Crippen LogP contribution in [0, 0.1) is 6.92 Å². The monoisotopic (exact) mass is 244 g/mol. The third-order valence-corrected chi connectivity index (χ3v) is 3.43. The summed E-state index contributed by atoms with van der Waals surface area (Å²) in [6.07, 6.45) is 1.82. The summed E-state index contributed by atoms with van der Waals surface area (Å²) in [7, 11) is 0. The normalized spacial score (nSPS) is 10.2. The van der Waals surface area contributed by atoms with Crippen LogP contribution in [0.4, 0.5) is 5.82 Å². The first-order chi connectivity index (χ1) is 8.36. The fourth-order valence-corrected chi connectivity index (χ4v) is 2.32. The zero-order valence-electron chi connectivity index (χ0n) is 9.89. The van der Waals surface area contributed by atoms with E-state index in [2.05, 4.69) is 47.6 Å². The molecule has 0 aliphatic carbocycles. The number of nitrogens with one attached hydrogen (secondary N) is 1.